The highest BCUT2D eigenvalue weighted by molar-refractivity contribution is 7.90. The van der Waals surface area contributed by atoms with Gasteiger partial charge in [-0.3, -0.25) is 0 Å². The molecule has 0 amide bonds. The largest absolute Gasteiger partial charge is 0.383 e. The van der Waals surface area contributed by atoms with Crippen LogP contribution in [0.15, 0.2) is 23.4 Å². The second kappa shape index (κ2) is 5.48. The molecule has 0 aliphatic rings. The van der Waals surface area contributed by atoms with Crippen molar-refractivity contribution in [2.24, 2.45) is 0 Å². The van der Waals surface area contributed by atoms with Gasteiger partial charge in [-0.25, -0.2) is 18.4 Å². The van der Waals surface area contributed by atoms with Crippen LogP contribution in [-0.4, -0.2) is 24.6 Å². The van der Waals surface area contributed by atoms with E-state index < -0.39 is 15.0 Å². The van der Waals surface area contributed by atoms with E-state index in [0.29, 0.717) is 5.56 Å². The van der Waals surface area contributed by atoms with E-state index in [1.165, 1.54) is 0 Å². The minimum atomic E-state index is -3.69. The Balaban J connectivity index is 2.83. The van der Waals surface area contributed by atoms with Crippen molar-refractivity contribution >= 4 is 38.9 Å². The van der Waals surface area contributed by atoms with Crippen LogP contribution in [0.4, 0.5) is 5.82 Å². The summed E-state index contributed by atoms with van der Waals surface area (Å²) in [4.78, 5) is 7.45. The molecule has 6 nitrogen and oxygen atoms in total. The monoisotopic (exact) mass is 342 g/mol. The fourth-order valence-electron chi connectivity index (χ4n) is 1.67. The molecule has 1 heterocycles. The molecule has 0 radical (unpaired) electrons. The van der Waals surface area contributed by atoms with E-state index in [2.05, 4.69) is 9.97 Å². The lowest BCUT2D eigenvalue weighted by molar-refractivity contribution is 0.593. The molecule has 0 saturated heterocycles. The van der Waals surface area contributed by atoms with Crippen LogP contribution in [0.2, 0.25) is 10.0 Å². The van der Waals surface area contributed by atoms with Gasteiger partial charge in [0.1, 0.15) is 11.9 Å². The molecule has 0 atom stereocenters. The lowest BCUT2D eigenvalue weighted by atomic mass is 10.0. The molecule has 0 fully saturated rings. The van der Waals surface area contributed by atoms with Gasteiger partial charge in [0.05, 0.1) is 15.6 Å². The maximum absolute atomic E-state index is 11.5. The number of anilines is 1. The molecule has 0 aliphatic carbocycles. The van der Waals surface area contributed by atoms with E-state index in [4.69, 9.17) is 28.9 Å². The Morgan fingerprint density at radius 1 is 1.29 bits per heavy atom. The molecule has 2 aromatic rings. The number of rotatable bonds is 2. The van der Waals surface area contributed by atoms with Crippen LogP contribution in [0, 0.1) is 11.3 Å². The van der Waals surface area contributed by atoms with E-state index in [1.54, 1.807) is 24.3 Å². The van der Waals surface area contributed by atoms with E-state index in [-0.39, 0.29) is 27.1 Å². The Kier molecular flexibility index (Phi) is 4.05. The number of nitrogens with two attached hydrogens (primary N) is 1. The van der Waals surface area contributed by atoms with Crippen molar-refractivity contribution in [1.29, 1.82) is 5.26 Å². The smallest absolute Gasteiger partial charge is 0.250 e. The van der Waals surface area contributed by atoms with Gasteiger partial charge in [0, 0.05) is 11.8 Å². The average Bonchev–Trinajstić information content (AvgIpc) is 2.40. The van der Waals surface area contributed by atoms with E-state index in [0.717, 1.165) is 6.26 Å². The first kappa shape index (κ1) is 15.5. The summed E-state index contributed by atoms with van der Waals surface area (Å²) in [5.74, 6) is -0.161. The zero-order chi connectivity index (χ0) is 15.8. The number of nitrogen functional groups attached to an aromatic ring is 1. The molecule has 1 aromatic carbocycles. The van der Waals surface area contributed by atoms with Gasteiger partial charge in [0.25, 0.3) is 0 Å². The minimum Gasteiger partial charge on any atom is -0.383 e. The first-order valence-corrected chi connectivity index (χ1v) is 8.12. The number of halogens is 2. The summed E-state index contributed by atoms with van der Waals surface area (Å²) in [6.45, 7) is 0. The van der Waals surface area contributed by atoms with Crippen molar-refractivity contribution in [3.63, 3.8) is 0 Å². The van der Waals surface area contributed by atoms with Gasteiger partial charge in [0.2, 0.25) is 15.0 Å². The molecule has 0 spiro atoms. The summed E-state index contributed by atoms with van der Waals surface area (Å²) >= 11 is 12.0. The molecule has 0 aliphatic heterocycles. The normalized spacial score (nSPS) is 11.1. The topological polar surface area (TPSA) is 110 Å². The van der Waals surface area contributed by atoms with Gasteiger partial charge < -0.3 is 5.73 Å². The average molecular weight is 343 g/mol. The van der Waals surface area contributed by atoms with E-state index >= 15 is 0 Å². The zero-order valence-corrected chi connectivity index (χ0v) is 13.0. The molecule has 108 valence electrons. The van der Waals surface area contributed by atoms with Gasteiger partial charge >= 0.3 is 0 Å². The van der Waals surface area contributed by atoms with E-state index in [1.807, 2.05) is 0 Å². The minimum absolute atomic E-state index is 0.150. The predicted octanol–water partition coefficient (Wildman–Crippen LogP) is 2.31. The quantitative estimate of drug-likeness (QED) is 0.838. The van der Waals surface area contributed by atoms with Crippen molar-refractivity contribution in [1.82, 2.24) is 9.97 Å². The molecule has 0 bridgehead atoms. The third-order valence-electron chi connectivity index (χ3n) is 2.57. The van der Waals surface area contributed by atoms with Crippen LogP contribution in [0.3, 0.4) is 0 Å². The van der Waals surface area contributed by atoms with Crippen LogP contribution < -0.4 is 5.73 Å². The first-order chi connectivity index (χ1) is 9.75. The van der Waals surface area contributed by atoms with Crippen molar-refractivity contribution in [2.75, 3.05) is 12.0 Å². The number of hydrogen-bond donors (Lipinski definition) is 1. The number of aromatic nitrogens is 2. The highest BCUT2D eigenvalue weighted by atomic mass is 35.5. The molecule has 2 rings (SSSR count). The lowest BCUT2D eigenvalue weighted by Crippen LogP contribution is -2.10. The fourth-order valence-corrected chi connectivity index (χ4v) is 2.58. The molecule has 1 aromatic heterocycles. The molecule has 0 unspecified atom stereocenters. The number of sulfone groups is 1. The molecular weight excluding hydrogens is 335 g/mol. The standard InChI is InChI=1S/C12H8Cl2N4O2S/c1-21(19,20)12-17-8(5-15)9(11(16)18-12)6-3-2-4-7(13)10(6)14/h2-4H,1H3,(H2,16,17,18). The third kappa shape index (κ3) is 2.93. The number of benzene rings is 1. The van der Waals surface area contributed by atoms with Crippen LogP contribution in [0.1, 0.15) is 5.69 Å². The molecule has 9 heteroatoms. The number of nitrogens with zero attached hydrogens (tertiary/aromatic N) is 3. The Labute approximate surface area is 131 Å². The maximum atomic E-state index is 11.5. The van der Waals surface area contributed by atoms with Gasteiger partial charge in [-0.1, -0.05) is 35.3 Å². The summed E-state index contributed by atoms with van der Waals surface area (Å²) in [5.41, 5.74) is 6.10. The highest BCUT2D eigenvalue weighted by Gasteiger charge is 2.21. The Morgan fingerprint density at radius 3 is 2.52 bits per heavy atom. The van der Waals surface area contributed by atoms with Gasteiger partial charge in [-0.15, -0.1) is 0 Å². The van der Waals surface area contributed by atoms with Crippen LogP contribution in [-0.2, 0) is 9.84 Å². The third-order valence-corrected chi connectivity index (χ3v) is 4.24. The fraction of sp³-hybridized carbons (Fsp3) is 0.0833. The SMILES string of the molecule is CS(=O)(=O)c1nc(N)c(-c2cccc(Cl)c2Cl)c(C#N)n1. The zero-order valence-electron chi connectivity index (χ0n) is 10.6. The second-order valence-corrected chi connectivity index (χ2v) is 6.80. The van der Waals surface area contributed by atoms with Gasteiger partial charge in [0.15, 0.2) is 5.69 Å². The molecule has 2 N–H and O–H groups in total. The molecular formula is C12H8Cl2N4O2S. The predicted molar refractivity (Wildman–Crippen MR) is 79.7 cm³/mol. The van der Waals surface area contributed by atoms with Gasteiger partial charge in [-0.05, 0) is 6.07 Å². The van der Waals surface area contributed by atoms with Crippen molar-refractivity contribution in [3.05, 3.63) is 33.9 Å². The maximum Gasteiger partial charge on any atom is 0.250 e. The summed E-state index contributed by atoms with van der Waals surface area (Å²) in [6, 6.07) is 6.57. The van der Waals surface area contributed by atoms with Gasteiger partial charge in [-0.2, -0.15) is 5.26 Å². The van der Waals surface area contributed by atoms with Crippen LogP contribution >= 0.6 is 23.2 Å². The van der Waals surface area contributed by atoms with E-state index in [9.17, 15) is 13.7 Å². The Hall–Kier alpha value is -1.88. The lowest BCUT2D eigenvalue weighted by Gasteiger charge is -2.10. The Morgan fingerprint density at radius 2 is 1.95 bits per heavy atom. The van der Waals surface area contributed by atoms with Crippen molar-refractivity contribution in [3.8, 4) is 17.2 Å². The second-order valence-electron chi connectivity index (χ2n) is 4.10. The number of hydrogen-bond acceptors (Lipinski definition) is 6. The summed E-state index contributed by atoms with van der Waals surface area (Å²) in [7, 11) is -3.69. The summed E-state index contributed by atoms with van der Waals surface area (Å²) in [6.07, 6.45) is 0.926. The Bertz CT molecular complexity index is 876. The van der Waals surface area contributed by atoms with Crippen molar-refractivity contribution < 1.29 is 8.42 Å². The number of nitriles is 1. The highest BCUT2D eigenvalue weighted by Crippen LogP contribution is 2.37. The van der Waals surface area contributed by atoms with Crippen LogP contribution in [0.25, 0.3) is 11.1 Å². The first-order valence-electron chi connectivity index (χ1n) is 5.47. The molecule has 21 heavy (non-hydrogen) atoms. The molecule has 0 saturated carbocycles. The summed E-state index contributed by atoms with van der Waals surface area (Å²) in [5, 5.41) is 9.12. The van der Waals surface area contributed by atoms with Crippen molar-refractivity contribution in [2.45, 2.75) is 5.16 Å². The van der Waals surface area contributed by atoms with Crippen LogP contribution in [0.5, 0.6) is 0 Å². The summed E-state index contributed by atoms with van der Waals surface area (Å²) < 4.78 is 23.0.